The quantitative estimate of drug-likeness (QED) is 0.436. The van der Waals surface area contributed by atoms with Crippen molar-refractivity contribution in [1.29, 1.82) is 0 Å². The number of aliphatic imine (C=N–C) groups is 1. The number of nitrogens with zero attached hydrogens (tertiary/aromatic N) is 3. The highest BCUT2D eigenvalue weighted by atomic mass is 16.3. The van der Waals surface area contributed by atoms with Gasteiger partial charge in [0.05, 0.1) is 25.2 Å². The van der Waals surface area contributed by atoms with Crippen molar-refractivity contribution in [3.8, 4) is 0 Å². The van der Waals surface area contributed by atoms with Crippen LogP contribution in [0.2, 0.25) is 0 Å². The summed E-state index contributed by atoms with van der Waals surface area (Å²) in [5.41, 5.74) is 3.50. The Balaban J connectivity index is 1.72. The van der Waals surface area contributed by atoms with Crippen molar-refractivity contribution >= 4 is 11.9 Å². The van der Waals surface area contributed by atoms with E-state index >= 15 is 0 Å². The van der Waals surface area contributed by atoms with Gasteiger partial charge in [-0.2, -0.15) is 0 Å². The average Bonchev–Trinajstić information content (AvgIpc) is 3.21. The van der Waals surface area contributed by atoms with Crippen molar-refractivity contribution in [3.05, 3.63) is 71.3 Å². The third-order valence-corrected chi connectivity index (χ3v) is 5.73. The van der Waals surface area contributed by atoms with Gasteiger partial charge in [0, 0.05) is 33.7 Å². The first-order valence-electron chi connectivity index (χ1n) is 11.2. The lowest BCUT2D eigenvalue weighted by Crippen LogP contribution is -2.43. The van der Waals surface area contributed by atoms with Crippen molar-refractivity contribution in [2.75, 3.05) is 33.7 Å². The van der Waals surface area contributed by atoms with Gasteiger partial charge in [-0.25, -0.2) is 4.99 Å². The minimum absolute atomic E-state index is 0.0140. The number of aliphatic hydroxyl groups excluding tert-OH is 1. The first-order valence-corrected chi connectivity index (χ1v) is 11.2. The van der Waals surface area contributed by atoms with Crippen LogP contribution in [-0.4, -0.2) is 66.6 Å². The molecule has 1 aliphatic rings. The summed E-state index contributed by atoms with van der Waals surface area (Å²) >= 11 is 0. The average molecular weight is 438 g/mol. The number of likely N-dealkylation sites (N-methyl/N-ethyl adjacent to an activating group) is 1. The number of β-amino-alcohol motifs (C(OH)–C–C–N with tert-alkyl or cyclic N) is 1. The summed E-state index contributed by atoms with van der Waals surface area (Å²) in [5.74, 6) is 0.586. The van der Waals surface area contributed by atoms with Gasteiger partial charge in [0.1, 0.15) is 0 Å². The summed E-state index contributed by atoms with van der Waals surface area (Å²) in [5, 5.41) is 16.4. The lowest BCUT2D eigenvalue weighted by Gasteiger charge is -2.20. The Morgan fingerprint density at radius 3 is 2.50 bits per heavy atom. The lowest BCUT2D eigenvalue weighted by molar-refractivity contribution is -0.127. The Morgan fingerprint density at radius 1 is 1.16 bits per heavy atom. The van der Waals surface area contributed by atoms with E-state index in [2.05, 4.69) is 46.7 Å². The number of hydrogen-bond acceptors (Lipinski definition) is 4. The Labute approximate surface area is 191 Å². The van der Waals surface area contributed by atoms with Crippen LogP contribution in [0.15, 0.2) is 59.6 Å². The molecule has 0 spiro atoms. The van der Waals surface area contributed by atoms with Gasteiger partial charge in [-0.05, 0) is 30.0 Å². The predicted molar refractivity (Wildman–Crippen MR) is 128 cm³/mol. The van der Waals surface area contributed by atoms with E-state index in [0.29, 0.717) is 19.0 Å². The van der Waals surface area contributed by atoms with Crippen LogP contribution in [0.1, 0.15) is 36.1 Å². The smallest absolute Gasteiger partial charge is 0.241 e. The zero-order valence-corrected chi connectivity index (χ0v) is 19.3. The number of nitrogens with one attached hydrogen (secondary N) is 2. The monoisotopic (exact) mass is 437 g/mol. The summed E-state index contributed by atoms with van der Waals surface area (Å²) in [6, 6.07) is 18.5. The molecule has 7 nitrogen and oxygen atoms in total. The van der Waals surface area contributed by atoms with Crippen molar-refractivity contribution in [2.24, 2.45) is 4.99 Å². The fourth-order valence-electron chi connectivity index (χ4n) is 3.73. The van der Waals surface area contributed by atoms with E-state index in [1.165, 1.54) is 5.56 Å². The molecule has 1 saturated heterocycles. The van der Waals surface area contributed by atoms with Crippen LogP contribution in [0, 0.1) is 0 Å². The first kappa shape index (κ1) is 23.8. The Hall–Kier alpha value is -2.90. The fraction of sp³-hybridized carbons (Fsp3) is 0.440. The second kappa shape index (κ2) is 11.6. The highest BCUT2D eigenvalue weighted by Gasteiger charge is 2.20. The topological polar surface area (TPSA) is 80.2 Å². The molecule has 1 heterocycles. The van der Waals surface area contributed by atoms with Gasteiger partial charge < -0.3 is 20.6 Å². The number of hydrogen-bond donors (Lipinski definition) is 3. The first-order chi connectivity index (χ1) is 15.4. The lowest BCUT2D eigenvalue weighted by atomic mass is 10.1. The van der Waals surface area contributed by atoms with Crippen LogP contribution < -0.4 is 10.6 Å². The Morgan fingerprint density at radius 2 is 1.84 bits per heavy atom. The van der Waals surface area contributed by atoms with Crippen LogP contribution in [-0.2, 0) is 17.9 Å². The number of carbonyl (C=O) groups is 1. The van der Waals surface area contributed by atoms with Crippen molar-refractivity contribution in [3.63, 3.8) is 0 Å². The van der Waals surface area contributed by atoms with E-state index in [0.717, 1.165) is 30.6 Å². The summed E-state index contributed by atoms with van der Waals surface area (Å²) in [7, 11) is 3.48. The number of aliphatic hydroxyl groups is 1. The fourth-order valence-corrected chi connectivity index (χ4v) is 3.73. The highest BCUT2D eigenvalue weighted by Crippen LogP contribution is 2.17. The van der Waals surface area contributed by atoms with Gasteiger partial charge in [0.15, 0.2) is 5.96 Å². The normalized spacial score (nSPS) is 17.8. The van der Waals surface area contributed by atoms with Gasteiger partial charge in [0.2, 0.25) is 5.91 Å². The summed E-state index contributed by atoms with van der Waals surface area (Å²) in [6.07, 6.45) is 0.601. The minimum Gasteiger partial charge on any atom is -0.392 e. The molecule has 3 rings (SSSR count). The van der Waals surface area contributed by atoms with Crippen LogP contribution in [0.25, 0.3) is 0 Å². The molecular weight excluding hydrogens is 402 g/mol. The number of benzene rings is 2. The van der Waals surface area contributed by atoms with Gasteiger partial charge >= 0.3 is 0 Å². The van der Waals surface area contributed by atoms with E-state index in [-0.39, 0.29) is 24.6 Å². The molecule has 1 fully saturated rings. The maximum Gasteiger partial charge on any atom is 0.241 e. The highest BCUT2D eigenvalue weighted by molar-refractivity contribution is 5.86. The molecule has 2 atom stereocenters. The molecule has 7 heteroatoms. The second-order valence-electron chi connectivity index (χ2n) is 8.53. The SMILES string of the molecule is CC(NC(=NCc1ccccc1CN1CCC(O)C1)NCC(=O)N(C)C)c1ccccc1. The number of amides is 1. The standard InChI is InChI=1S/C25H35N5O2/c1-19(20-9-5-4-6-10-20)28-25(27-16-24(32)29(2)3)26-15-21-11-7-8-12-22(21)17-30-14-13-23(31)18-30/h4-12,19,23,31H,13-18H2,1-3H3,(H2,26,27,28). The molecule has 172 valence electrons. The second-order valence-corrected chi connectivity index (χ2v) is 8.53. The number of likely N-dealkylation sites (tertiary alicyclic amines) is 1. The van der Waals surface area contributed by atoms with Crippen LogP contribution in [0.3, 0.4) is 0 Å². The van der Waals surface area contributed by atoms with Crippen molar-refractivity contribution in [2.45, 2.75) is 38.6 Å². The molecule has 0 saturated carbocycles. The Kier molecular flexibility index (Phi) is 8.64. The molecule has 2 aromatic carbocycles. The van der Waals surface area contributed by atoms with Gasteiger partial charge in [-0.3, -0.25) is 9.69 Å². The maximum atomic E-state index is 12.1. The summed E-state index contributed by atoms with van der Waals surface area (Å²) < 4.78 is 0. The molecule has 32 heavy (non-hydrogen) atoms. The van der Waals surface area contributed by atoms with E-state index in [4.69, 9.17) is 4.99 Å². The van der Waals surface area contributed by atoms with Gasteiger partial charge in [0.25, 0.3) is 0 Å². The van der Waals surface area contributed by atoms with Crippen LogP contribution >= 0.6 is 0 Å². The van der Waals surface area contributed by atoms with Crippen LogP contribution in [0.4, 0.5) is 0 Å². The van der Waals surface area contributed by atoms with Gasteiger partial charge in [-0.1, -0.05) is 54.6 Å². The van der Waals surface area contributed by atoms with Crippen molar-refractivity contribution < 1.29 is 9.90 Å². The zero-order chi connectivity index (χ0) is 22.9. The summed E-state index contributed by atoms with van der Waals surface area (Å²) in [6.45, 7) is 5.18. The molecule has 0 bridgehead atoms. The number of guanidine groups is 1. The van der Waals surface area contributed by atoms with E-state index in [1.807, 2.05) is 30.3 Å². The largest absolute Gasteiger partial charge is 0.392 e. The molecule has 0 radical (unpaired) electrons. The zero-order valence-electron chi connectivity index (χ0n) is 19.3. The Bertz CT molecular complexity index is 900. The molecule has 0 aliphatic carbocycles. The molecule has 0 aromatic heterocycles. The maximum absolute atomic E-state index is 12.1. The third-order valence-electron chi connectivity index (χ3n) is 5.73. The molecule has 1 amide bonds. The summed E-state index contributed by atoms with van der Waals surface area (Å²) in [4.78, 5) is 20.7. The molecular formula is C25H35N5O2. The number of rotatable bonds is 8. The molecule has 2 unspecified atom stereocenters. The van der Waals surface area contributed by atoms with E-state index in [9.17, 15) is 9.90 Å². The van der Waals surface area contributed by atoms with E-state index < -0.39 is 0 Å². The van der Waals surface area contributed by atoms with Crippen LogP contribution in [0.5, 0.6) is 0 Å². The number of carbonyl (C=O) groups excluding carboxylic acids is 1. The van der Waals surface area contributed by atoms with Gasteiger partial charge in [-0.15, -0.1) is 0 Å². The van der Waals surface area contributed by atoms with E-state index in [1.54, 1.807) is 19.0 Å². The molecule has 3 N–H and O–H groups in total. The molecule has 1 aliphatic heterocycles. The predicted octanol–water partition coefficient (Wildman–Crippen LogP) is 2.14. The minimum atomic E-state index is -0.228. The third kappa shape index (κ3) is 7.07. The molecule has 2 aromatic rings. The van der Waals surface area contributed by atoms with Crippen molar-refractivity contribution in [1.82, 2.24) is 20.4 Å².